The van der Waals surface area contributed by atoms with Crippen LogP contribution in [0, 0.1) is 0 Å². The first-order chi connectivity index (χ1) is 12.7. The van der Waals surface area contributed by atoms with Gasteiger partial charge in [-0.15, -0.1) is 13.2 Å². The average molecular weight is 383 g/mol. The molecule has 0 bridgehead atoms. The fraction of sp³-hybridized carbons (Fsp3) is 0.316. The lowest BCUT2D eigenvalue weighted by Crippen LogP contribution is -2.19. The lowest BCUT2D eigenvalue weighted by Gasteiger charge is -2.17. The molecule has 2 aromatic carbocycles. The van der Waals surface area contributed by atoms with Crippen LogP contribution in [-0.2, 0) is 9.53 Å². The molecule has 1 atom stereocenters. The molecule has 0 saturated carbocycles. The predicted octanol–water partition coefficient (Wildman–Crippen LogP) is 4.21. The third-order valence-electron chi connectivity index (χ3n) is 3.73. The molecule has 0 aromatic heterocycles. The monoisotopic (exact) mass is 383 g/mol. The predicted molar refractivity (Wildman–Crippen MR) is 93.3 cm³/mol. The van der Waals surface area contributed by atoms with Crippen LogP contribution in [0.15, 0.2) is 42.5 Å². The molecule has 0 unspecified atom stereocenters. The molecular weight excluding hydrogens is 363 g/mol. The molecule has 0 spiro atoms. The van der Waals surface area contributed by atoms with Crippen molar-refractivity contribution >= 4 is 5.97 Å². The molecule has 2 rings (SSSR count). The first-order valence-corrected chi connectivity index (χ1v) is 8.18. The Morgan fingerprint density at radius 1 is 1.19 bits per heavy atom. The van der Waals surface area contributed by atoms with E-state index in [0.717, 1.165) is 0 Å². The molecule has 0 saturated heterocycles. The lowest BCUT2D eigenvalue weighted by atomic mass is 9.97. The van der Waals surface area contributed by atoms with Crippen molar-refractivity contribution < 1.29 is 32.2 Å². The van der Waals surface area contributed by atoms with Crippen LogP contribution in [0.2, 0.25) is 0 Å². The highest BCUT2D eigenvalue weighted by molar-refractivity contribution is 5.74. The largest absolute Gasteiger partial charge is 0.573 e. The van der Waals surface area contributed by atoms with Gasteiger partial charge in [-0.1, -0.05) is 18.2 Å². The van der Waals surface area contributed by atoms with Gasteiger partial charge in [0.15, 0.2) is 0 Å². The van der Waals surface area contributed by atoms with Gasteiger partial charge in [-0.2, -0.15) is 0 Å². The molecule has 0 amide bonds. The summed E-state index contributed by atoms with van der Waals surface area (Å²) in [6.07, 6.45) is -4.94. The van der Waals surface area contributed by atoms with Crippen molar-refractivity contribution in [1.29, 1.82) is 0 Å². The minimum absolute atomic E-state index is 0.0924. The highest BCUT2D eigenvalue weighted by Crippen LogP contribution is 2.37. The van der Waals surface area contributed by atoms with Crippen molar-refractivity contribution in [1.82, 2.24) is 0 Å². The Hall–Kier alpha value is -2.74. The molecule has 0 aliphatic rings. The molecule has 0 heterocycles. The number of hydrogen-bond acceptors (Lipinski definition) is 5. The van der Waals surface area contributed by atoms with Gasteiger partial charge in [0.2, 0.25) is 0 Å². The zero-order chi connectivity index (χ0) is 20.0. The molecular formula is C19H20F3NO4. The number of nitrogens with two attached hydrogens (primary N) is 1. The van der Waals surface area contributed by atoms with Crippen LogP contribution in [0.25, 0.3) is 11.1 Å². The van der Waals surface area contributed by atoms with Gasteiger partial charge in [-0.3, -0.25) is 4.79 Å². The van der Waals surface area contributed by atoms with Crippen molar-refractivity contribution in [2.24, 2.45) is 5.73 Å². The fourth-order valence-electron chi connectivity index (χ4n) is 2.53. The maximum absolute atomic E-state index is 12.8. The summed E-state index contributed by atoms with van der Waals surface area (Å²) >= 11 is 0. The fourth-order valence-corrected chi connectivity index (χ4v) is 2.53. The zero-order valence-electron chi connectivity index (χ0n) is 14.9. The first kappa shape index (κ1) is 20.6. The Labute approximate surface area is 154 Å². The quantitative estimate of drug-likeness (QED) is 0.725. The summed E-state index contributed by atoms with van der Waals surface area (Å²) in [5, 5.41) is 0. The van der Waals surface area contributed by atoms with E-state index in [0.29, 0.717) is 16.9 Å². The van der Waals surface area contributed by atoms with Gasteiger partial charge in [0, 0.05) is 11.6 Å². The third-order valence-corrected chi connectivity index (χ3v) is 3.73. The minimum Gasteiger partial charge on any atom is -0.497 e. The first-order valence-electron chi connectivity index (χ1n) is 8.18. The number of halogens is 3. The van der Waals surface area contributed by atoms with Crippen LogP contribution in [0.5, 0.6) is 11.5 Å². The summed E-state index contributed by atoms with van der Waals surface area (Å²) in [4.78, 5) is 11.6. The number of hydrogen-bond donors (Lipinski definition) is 1. The van der Waals surface area contributed by atoms with E-state index >= 15 is 0 Å². The standard InChI is InChI=1S/C19H20F3NO4/c1-3-26-18(24)11-16(23)13-7-8-17(27-19(20,21)22)15(10-13)12-5-4-6-14(9-12)25-2/h4-10,16H,3,11,23H2,1-2H3/t16-/m0/s1. The maximum atomic E-state index is 12.8. The summed E-state index contributed by atoms with van der Waals surface area (Å²) < 4.78 is 52.4. The Balaban J connectivity index is 2.44. The van der Waals surface area contributed by atoms with E-state index in [1.54, 1.807) is 31.2 Å². The van der Waals surface area contributed by atoms with E-state index in [2.05, 4.69) is 4.74 Å². The van der Waals surface area contributed by atoms with E-state index < -0.39 is 18.4 Å². The number of carbonyl (C=O) groups excluding carboxylic acids is 1. The molecule has 8 heteroatoms. The summed E-state index contributed by atoms with van der Waals surface area (Å²) in [6.45, 7) is 1.90. The summed E-state index contributed by atoms with van der Waals surface area (Å²) in [5.41, 5.74) is 7.14. The van der Waals surface area contributed by atoms with Gasteiger partial charge in [0.05, 0.1) is 20.1 Å². The van der Waals surface area contributed by atoms with Crippen molar-refractivity contribution in [3.05, 3.63) is 48.0 Å². The lowest BCUT2D eigenvalue weighted by molar-refractivity contribution is -0.274. The molecule has 0 radical (unpaired) electrons. The second-order valence-corrected chi connectivity index (χ2v) is 5.65. The molecule has 27 heavy (non-hydrogen) atoms. The highest BCUT2D eigenvalue weighted by Gasteiger charge is 2.32. The van der Waals surface area contributed by atoms with Crippen LogP contribution in [-0.4, -0.2) is 26.0 Å². The number of rotatable bonds is 7. The highest BCUT2D eigenvalue weighted by atomic mass is 19.4. The van der Waals surface area contributed by atoms with E-state index in [1.807, 2.05) is 0 Å². The Kier molecular flexibility index (Phi) is 6.68. The normalized spacial score (nSPS) is 12.4. The van der Waals surface area contributed by atoms with Crippen LogP contribution in [0.4, 0.5) is 13.2 Å². The zero-order valence-corrected chi connectivity index (χ0v) is 14.9. The van der Waals surface area contributed by atoms with Gasteiger partial charge < -0.3 is 19.9 Å². The van der Waals surface area contributed by atoms with Gasteiger partial charge in [-0.25, -0.2) is 0 Å². The number of methoxy groups -OCH3 is 1. The summed E-state index contributed by atoms with van der Waals surface area (Å²) in [5.74, 6) is -0.377. The molecule has 0 fully saturated rings. The molecule has 0 aliphatic heterocycles. The number of alkyl halides is 3. The number of esters is 1. The molecule has 146 valence electrons. The minimum atomic E-state index is -4.85. The Morgan fingerprint density at radius 2 is 1.93 bits per heavy atom. The van der Waals surface area contributed by atoms with Crippen LogP contribution >= 0.6 is 0 Å². The topological polar surface area (TPSA) is 70.8 Å². The summed E-state index contributed by atoms with van der Waals surface area (Å²) in [7, 11) is 1.46. The van der Waals surface area contributed by atoms with E-state index in [-0.39, 0.29) is 24.3 Å². The van der Waals surface area contributed by atoms with Crippen LogP contribution in [0.1, 0.15) is 24.9 Å². The Morgan fingerprint density at radius 3 is 2.56 bits per heavy atom. The van der Waals surface area contributed by atoms with Gasteiger partial charge in [-0.05, 0) is 42.3 Å². The van der Waals surface area contributed by atoms with Crippen molar-refractivity contribution in [2.45, 2.75) is 25.7 Å². The second-order valence-electron chi connectivity index (χ2n) is 5.65. The van der Waals surface area contributed by atoms with Crippen molar-refractivity contribution in [3.8, 4) is 22.6 Å². The number of ether oxygens (including phenoxy) is 3. The number of carbonyl (C=O) groups is 1. The van der Waals surface area contributed by atoms with E-state index in [4.69, 9.17) is 15.2 Å². The summed E-state index contributed by atoms with van der Waals surface area (Å²) in [6, 6.07) is 9.85. The van der Waals surface area contributed by atoms with Crippen LogP contribution in [0.3, 0.4) is 0 Å². The van der Waals surface area contributed by atoms with Crippen LogP contribution < -0.4 is 15.2 Å². The van der Waals surface area contributed by atoms with Gasteiger partial charge >= 0.3 is 12.3 Å². The van der Waals surface area contributed by atoms with E-state index in [1.165, 1.54) is 25.3 Å². The number of benzene rings is 2. The molecule has 2 N–H and O–H groups in total. The Bertz CT molecular complexity index is 793. The third kappa shape index (κ3) is 5.89. The molecule has 2 aromatic rings. The molecule has 5 nitrogen and oxygen atoms in total. The van der Waals surface area contributed by atoms with Crippen molar-refractivity contribution in [2.75, 3.05) is 13.7 Å². The van der Waals surface area contributed by atoms with Gasteiger partial charge in [0.1, 0.15) is 11.5 Å². The van der Waals surface area contributed by atoms with Gasteiger partial charge in [0.25, 0.3) is 0 Å². The molecule has 0 aliphatic carbocycles. The second kappa shape index (κ2) is 8.77. The SMILES string of the molecule is CCOC(=O)C[C@H](N)c1ccc(OC(F)(F)F)c(-c2cccc(OC)c2)c1. The van der Waals surface area contributed by atoms with Crippen molar-refractivity contribution in [3.63, 3.8) is 0 Å². The smallest absolute Gasteiger partial charge is 0.497 e. The maximum Gasteiger partial charge on any atom is 0.573 e. The van der Waals surface area contributed by atoms with E-state index in [9.17, 15) is 18.0 Å². The average Bonchev–Trinajstić information content (AvgIpc) is 2.61.